The van der Waals surface area contributed by atoms with Crippen molar-refractivity contribution in [3.8, 4) is 11.5 Å². The topological polar surface area (TPSA) is 71.9 Å². The number of hydrogen-bond donors (Lipinski definition) is 1. The zero-order valence-electron chi connectivity index (χ0n) is 15.1. The Hall–Kier alpha value is -2.60. The van der Waals surface area contributed by atoms with Gasteiger partial charge in [-0.25, -0.2) is 0 Å². The molecule has 1 atom stereocenters. The number of hydrogen-bond acceptors (Lipinski definition) is 5. The van der Waals surface area contributed by atoms with Gasteiger partial charge in [0.05, 0.1) is 37.4 Å². The number of nitrogens with zero attached hydrogens (tertiary/aromatic N) is 2. The summed E-state index contributed by atoms with van der Waals surface area (Å²) < 4.78 is 11.2. The maximum atomic E-state index is 11.3. The normalized spacial score (nSPS) is 16.8. The standard InChI is InChI=1S/C20H24N2O4/c1-25-16-7-5-8-17(26-2)18(16)19(15-6-3-4-11-21-15)22-12-9-14(10-13-22)20(23)24/h3-8,11,14,19H,9-10,12-13H2,1-2H3,(H,23,24). The first-order valence-electron chi connectivity index (χ1n) is 8.74. The fourth-order valence-electron chi connectivity index (χ4n) is 3.61. The molecule has 0 spiro atoms. The second kappa shape index (κ2) is 8.19. The number of ether oxygens (including phenoxy) is 2. The second-order valence-electron chi connectivity index (χ2n) is 6.38. The molecule has 1 aromatic heterocycles. The van der Waals surface area contributed by atoms with E-state index < -0.39 is 5.97 Å². The molecule has 0 aliphatic carbocycles. The Morgan fingerprint density at radius 1 is 1.12 bits per heavy atom. The van der Waals surface area contributed by atoms with Crippen LogP contribution >= 0.6 is 0 Å². The van der Waals surface area contributed by atoms with Gasteiger partial charge in [0.15, 0.2) is 0 Å². The predicted octanol–water partition coefficient (Wildman–Crippen LogP) is 2.98. The third-order valence-electron chi connectivity index (χ3n) is 4.95. The maximum absolute atomic E-state index is 11.3. The van der Waals surface area contributed by atoms with Crippen LogP contribution in [0.1, 0.15) is 30.1 Å². The van der Waals surface area contributed by atoms with Crippen LogP contribution in [0, 0.1) is 5.92 Å². The molecule has 138 valence electrons. The highest BCUT2D eigenvalue weighted by Gasteiger charge is 2.33. The van der Waals surface area contributed by atoms with E-state index in [1.54, 1.807) is 20.4 Å². The first-order valence-corrected chi connectivity index (χ1v) is 8.74. The van der Waals surface area contributed by atoms with Gasteiger partial charge in [0.1, 0.15) is 11.5 Å². The minimum absolute atomic E-state index is 0.156. The monoisotopic (exact) mass is 356 g/mol. The molecule has 1 fully saturated rings. The van der Waals surface area contributed by atoms with Crippen LogP contribution in [0.5, 0.6) is 11.5 Å². The average molecular weight is 356 g/mol. The van der Waals surface area contributed by atoms with Crippen molar-refractivity contribution >= 4 is 5.97 Å². The number of likely N-dealkylation sites (tertiary alicyclic amines) is 1. The third kappa shape index (κ3) is 3.65. The van der Waals surface area contributed by atoms with Crippen molar-refractivity contribution in [3.63, 3.8) is 0 Å². The summed E-state index contributed by atoms with van der Waals surface area (Å²) in [6.45, 7) is 1.36. The summed E-state index contributed by atoms with van der Waals surface area (Å²) in [7, 11) is 3.29. The lowest BCUT2D eigenvalue weighted by molar-refractivity contribution is -0.143. The number of pyridine rings is 1. The molecule has 1 N–H and O–H groups in total. The lowest BCUT2D eigenvalue weighted by Gasteiger charge is -2.37. The molecule has 6 nitrogen and oxygen atoms in total. The SMILES string of the molecule is COc1cccc(OC)c1C(c1ccccn1)N1CCC(C(=O)O)CC1. The predicted molar refractivity (Wildman–Crippen MR) is 97.6 cm³/mol. The van der Waals surface area contributed by atoms with Gasteiger partial charge in [0.25, 0.3) is 0 Å². The molecular weight excluding hydrogens is 332 g/mol. The van der Waals surface area contributed by atoms with E-state index in [0.29, 0.717) is 25.9 Å². The number of benzene rings is 1. The van der Waals surface area contributed by atoms with Gasteiger partial charge in [-0.3, -0.25) is 14.7 Å². The number of rotatable bonds is 6. The summed E-state index contributed by atoms with van der Waals surface area (Å²) in [6.07, 6.45) is 3.01. The molecule has 1 unspecified atom stereocenters. The van der Waals surface area contributed by atoms with Crippen LogP contribution in [0.4, 0.5) is 0 Å². The Morgan fingerprint density at radius 3 is 2.27 bits per heavy atom. The Labute approximate surface area is 153 Å². The van der Waals surface area contributed by atoms with Crippen molar-refractivity contribution in [1.82, 2.24) is 9.88 Å². The summed E-state index contributed by atoms with van der Waals surface area (Å²) >= 11 is 0. The molecule has 2 heterocycles. The molecule has 0 amide bonds. The highest BCUT2D eigenvalue weighted by molar-refractivity contribution is 5.70. The van der Waals surface area contributed by atoms with E-state index in [4.69, 9.17) is 9.47 Å². The van der Waals surface area contributed by atoms with Crippen molar-refractivity contribution in [1.29, 1.82) is 0 Å². The van der Waals surface area contributed by atoms with Crippen LogP contribution in [0.3, 0.4) is 0 Å². The van der Waals surface area contributed by atoms with Crippen LogP contribution in [-0.4, -0.2) is 48.3 Å². The quantitative estimate of drug-likeness (QED) is 0.858. The van der Waals surface area contributed by atoms with Gasteiger partial charge in [-0.05, 0) is 50.2 Å². The first-order chi connectivity index (χ1) is 12.7. The molecule has 0 saturated carbocycles. The van der Waals surface area contributed by atoms with Gasteiger partial charge in [-0.15, -0.1) is 0 Å². The van der Waals surface area contributed by atoms with Crippen molar-refractivity contribution in [2.45, 2.75) is 18.9 Å². The van der Waals surface area contributed by atoms with Gasteiger partial charge in [0, 0.05) is 6.20 Å². The fraction of sp³-hybridized carbons (Fsp3) is 0.400. The minimum atomic E-state index is -0.714. The minimum Gasteiger partial charge on any atom is -0.496 e. The highest BCUT2D eigenvalue weighted by Crippen LogP contribution is 2.41. The van der Waals surface area contributed by atoms with Crippen LogP contribution in [-0.2, 0) is 4.79 Å². The Morgan fingerprint density at radius 2 is 1.77 bits per heavy atom. The summed E-state index contributed by atoms with van der Waals surface area (Å²) in [5.41, 5.74) is 1.81. The van der Waals surface area contributed by atoms with Crippen LogP contribution in [0.25, 0.3) is 0 Å². The molecule has 26 heavy (non-hydrogen) atoms. The fourth-order valence-corrected chi connectivity index (χ4v) is 3.61. The number of methoxy groups -OCH3 is 2. The number of aromatic nitrogens is 1. The zero-order chi connectivity index (χ0) is 18.5. The van der Waals surface area contributed by atoms with Gasteiger partial charge < -0.3 is 14.6 Å². The summed E-state index contributed by atoms with van der Waals surface area (Å²) in [4.78, 5) is 18.1. The average Bonchev–Trinajstić information content (AvgIpc) is 2.69. The van der Waals surface area contributed by atoms with E-state index >= 15 is 0 Å². The van der Waals surface area contributed by atoms with Crippen LogP contribution in [0.2, 0.25) is 0 Å². The van der Waals surface area contributed by atoms with E-state index in [1.165, 1.54) is 0 Å². The van der Waals surface area contributed by atoms with Crippen molar-refractivity contribution in [2.75, 3.05) is 27.3 Å². The Bertz CT molecular complexity index is 720. The van der Waals surface area contributed by atoms with Crippen molar-refractivity contribution in [2.24, 2.45) is 5.92 Å². The molecule has 1 aromatic carbocycles. The maximum Gasteiger partial charge on any atom is 0.306 e. The number of carboxylic acids is 1. The number of piperidine rings is 1. The smallest absolute Gasteiger partial charge is 0.306 e. The van der Waals surface area contributed by atoms with Crippen molar-refractivity contribution in [3.05, 3.63) is 53.9 Å². The van der Waals surface area contributed by atoms with Gasteiger partial charge in [-0.2, -0.15) is 0 Å². The number of carboxylic acid groups (broad SMARTS) is 1. The van der Waals surface area contributed by atoms with E-state index in [9.17, 15) is 9.90 Å². The first kappa shape index (κ1) is 18.2. The second-order valence-corrected chi connectivity index (χ2v) is 6.38. The molecule has 0 radical (unpaired) electrons. The lowest BCUT2D eigenvalue weighted by Crippen LogP contribution is -2.39. The van der Waals surface area contributed by atoms with E-state index in [0.717, 1.165) is 22.8 Å². The molecule has 3 rings (SSSR count). The molecule has 1 saturated heterocycles. The molecule has 1 aliphatic heterocycles. The molecular formula is C20H24N2O4. The highest BCUT2D eigenvalue weighted by atomic mass is 16.5. The summed E-state index contributed by atoms with van der Waals surface area (Å²) in [5.74, 6) is 0.477. The van der Waals surface area contributed by atoms with Crippen molar-refractivity contribution < 1.29 is 19.4 Å². The van der Waals surface area contributed by atoms with Crippen LogP contribution in [0.15, 0.2) is 42.6 Å². The molecule has 2 aromatic rings. The summed E-state index contributed by atoms with van der Waals surface area (Å²) in [6, 6.07) is 11.4. The van der Waals surface area contributed by atoms with Crippen LogP contribution < -0.4 is 9.47 Å². The lowest BCUT2D eigenvalue weighted by atomic mass is 9.92. The summed E-state index contributed by atoms with van der Waals surface area (Å²) in [5, 5.41) is 9.29. The largest absolute Gasteiger partial charge is 0.496 e. The Kier molecular flexibility index (Phi) is 5.73. The van der Waals surface area contributed by atoms with E-state index in [1.807, 2.05) is 36.4 Å². The van der Waals surface area contributed by atoms with E-state index in [2.05, 4.69) is 9.88 Å². The third-order valence-corrected chi connectivity index (χ3v) is 4.95. The Balaban J connectivity index is 2.03. The zero-order valence-corrected chi connectivity index (χ0v) is 15.1. The van der Waals surface area contributed by atoms with Gasteiger partial charge in [-0.1, -0.05) is 12.1 Å². The number of carbonyl (C=O) groups is 1. The number of aliphatic carboxylic acids is 1. The molecule has 6 heteroatoms. The van der Waals surface area contributed by atoms with E-state index in [-0.39, 0.29) is 12.0 Å². The van der Waals surface area contributed by atoms with Gasteiger partial charge >= 0.3 is 5.97 Å². The van der Waals surface area contributed by atoms with Gasteiger partial charge in [0.2, 0.25) is 0 Å². The molecule has 0 bridgehead atoms. The molecule has 1 aliphatic rings.